The number of nitro groups is 1. The van der Waals surface area contributed by atoms with Crippen LogP contribution in [0.2, 0.25) is 0 Å². The Morgan fingerprint density at radius 2 is 1.85 bits per heavy atom. The quantitative estimate of drug-likeness (QED) is 0.340. The Hall–Kier alpha value is -3.46. The third-order valence-electron chi connectivity index (χ3n) is 3.41. The maximum Gasteiger partial charge on any atom is 0.312 e. The van der Waals surface area contributed by atoms with E-state index in [2.05, 4.69) is 10.6 Å². The van der Waals surface area contributed by atoms with Crippen molar-refractivity contribution in [1.82, 2.24) is 5.32 Å². The molecule has 0 aromatic heterocycles. The van der Waals surface area contributed by atoms with Crippen LogP contribution in [0.4, 0.5) is 11.4 Å². The Morgan fingerprint density at radius 3 is 2.44 bits per heavy atom. The fourth-order valence-corrected chi connectivity index (χ4v) is 2.33. The maximum atomic E-state index is 11.9. The van der Waals surface area contributed by atoms with E-state index in [-0.39, 0.29) is 16.5 Å². The van der Waals surface area contributed by atoms with E-state index in [1.807, 2.05) is 0 Å². The number of ether oxygens (including phenoxy) is 2. The molecule has 27 heavy (non-hydrogen) atoms. The van der Waals surface area contributed by atoms with Gasteiger partial charge < -0.3 is 14.8 Å². The van der Waals surface area contributed by atoms with Gasteiger partial charge >= 0.3 is 5.69 Å². The highest BCUT2D eigenvalue weighted by Gasteiger charge is 2.15. The molecule has 2 N–H and O–H groups in total. The van der Waals surface area contributed by atoms with E-state index < -0.39 is 10.8 Å². The number of carbonyl (C=O) groups is 1. The molecule has 0 atom stereocenters. The highest BCUT2D eigenvalue weighted by Crippen LogP contribution is 2.29. The molecule has 0 aliphatic carbocycles. The molecular weight excluding hydrogens is 370 g/mol. The van der Waals surface area contributed by atoms with Crippen molar-refractivity contribution in [2.24, 2.45) is 0 Å². The number of methoxy groups -OCH3 is 2. The van der Waals surface area contributed by atoms with Gasteiger partial charge in [-0.25, -0.2) is 0 Å². The molecule has 0 spiro atoms. The number of rotatable bonds is 6. The molecule has 1 amide bonds. The largest absolute Gasteiger partial charge is 0.497 e. The highest BCUT2D eigenvalue weighted by molar-refractivity contribution is 7.80. The second-order valence-electron chi connectivity index (χ2n) is 5.19. The van der Waals surface area contributed by atoms with Crippen molar-refractivity contribution in [1.29, 1.82) is 0 Å². The van der Waals surface area contributed by atoms with Crippen molar-refractivity contribution in [3.05, 3.63) is 64.2 Å². The molecule has 0 saturated carbocycles. The molecule has 2 aromatic carbocycles. The lowest BCUT2D eigenvalue weighted by atomic mass is 10.2. The average molecular weight is 387 g/mol. The van der Waals surface area contributed by atoms with Gasteiger partial charge in [0.05, 0.1) is 19.1 Å². The predicted octanol–water partition coefficient (Wildman–Crippen LogP) is 3.14. The summed E-state index contributed by atoms with van der Waals surface area (Å²) in [5, 5.41) is 16.2. The Bertz CT molecular complexity index is 881. The minimum absolute atomic E-state index is 0.0128. The summed E-state index contributed by atoms with van der Waals surface area (Å²) in [6.45, 7) is 0. The van der Waals surface area contributed by atoms with Gasteiger partial charge in [0.15, 0.2) is 10.9 Å². The molecule has 0 aliphatic rings. The Balaban J connectivity index is 1.96. The molecule has 0 fully saturated rings. The van der Waals surface area contributed by atoms with Crippen LogP contribution in [0.5, 0.6) is 11.5 Å². The molecule has 0 unspecified atom stereocenters. The number of carbonyl (C=O) groups excluding carboxylic acids is 1. The number of nitro benzene ring substituents is 1. The standard InChI is InChI=1S/C18H17N3O5S/c1-25-14-7-3-12(4-8-14)5-10-17(22)20-18(27)19-13-6-9-16(26-2)15(11-13)21(23)24/h3-11H,1-2H3,(H2,19,20,22,27)/b10-5+. The van der Waals surface area contributed by atoms with Crippen LogP contribution in [0.3, 0.4) is 0 Å². The van der Waals surface area contributed by atoms with E-state index in [9.17, 15) is 14.9 Å². The lowest BCUT2D eigenvalue weighted by molar-refractivity contribution is -0.385. The smallest absolute Gasteiger partial charge is 0.312 e. The first kappa shape index (κ1) is 19.9. The molecule has 0 aliphatic heterocycles. The number of amides is 1. The second-order valence-corrected chi connectivity index (χ2v) is 5.60. The number of anilines is 1. The van der Waals surface area contributed by atoms with E-state index in [0.29, 0.717) is 5.69 Å². The summed E-state index contributed by atoms with van der Waals surface area (Å²) in [4.78, 5) is 22.4. The van der Waals surface area contributed by atoms with Crippen molar-refractivity contribution in [2.45, 2.75) is 0 Å². The summed E-state index contributed by atoms with van der Waals surface area (Å²) < 4.78 is 9.99. The van der Waals surface area contributed by atoms with Crippen molar-refractivity contribution < 1.29 is 19.2 Å². The molecule has 2 aromatic rings. The minimum Gasteiger partial charge on any atom is -0.497 e. The SMILES string of the molecule is COc1ccc(/C=C/C(=O)NC(=S)Nc2ccc(OC)c([N+](=O)[O-])c2)cc1. The van der Waals surface area contributed by atoms with Gasteiger partial charge in [0.1, 0.15) is 5.75 Å². The van der Waals surface area contributed by atoms with Gasteiger partial charge in [-0.05, 0) is 48.1 Å². The average Bonchev–Trinajstić information content (AvgIpc) is 2.66. The van der Waals surface area contributed by atoms with Gasteiger partial charge in [-0.2, -0.15) is 0 Å². The van der Waals surface area contributed by atoms with Gasteiger partial charge in [-0.1, -0.05) is 12.1 Å². The number of nitrogens with zero attached hydrogens (tertiary/aromatic N) is 1. The fraction of sp³-hybridized carbons (Fsp3) is 0.111. The van der Waals surface area contributed by atoms with Crippen molar-refractivity contribution >= 4 is 40.7 Å². The maximum absolute atomic E-state index is 11.9. The summed E-state index contributed by atoms with van der Waals surface area (Å²) >= 11 is 5.05. The van der Waals surface area contributed by atoms with E-state index in [1.165, 1.54) is 25.3 Å². The van der Waals surface area contributed by atoms with Crippen molar-refractivity contribution in [3.63, 3.8) is 0 Å². The summed E-state index contributed by atoms with van der Waals surface area (Å²) in [5.41, 5.74) is 0.957. The predicted molar refractivity (Wildman–Crippen MR) is 106 cm³/mol. The van der Waals surface area contributed by atoms with Crippen LogP contribution < -0.4 is 20.1 Å². The molecule has 8 nitrogen and oxygen atoms in total. The molecule has 140 valence electrons. The minimum atomic E-state index is -0.566. The molecule has 0 heterocycles. The third kappa shape index (κ3) is 5.79. The van der Waals surface area contributed by atoms with Gasteiger partial charge in [-0.15, -0.1) is 0 Å². The van der Waals surface area contributed by atoms with Crippen LogP contribution in [-0.2, 0) is 4.79 Å². The first-order valence-corrected chi connectivity index (χ1v) is 8.10. The van der Waals surface area contributed by atoms with E-state index in [1.54, 1.807) is 43.5 Å². The zero-order valence-electron chi connectivity index (χ0n) is 14.6. The Labute approximate surface area is 160 Å². The summed E-state index contributed by atoms with van der Waals surface area (Å²) in [6, 6.07) is 11.4. The van der Waals surface area contributed by atoms with E-state index >= 15 is 0 Å². The third-order valence-corrected chi connectivity index (χ3v) is 3.62. The number of hydrogen-bond acceptors (Lipinski definition) is 6. The van der Waals surface area contributed by atoms with Crippen molar-refractivity contribution in [3.8, 4) is 11.5 Å². The van der Waals surface area contributed by atoms with Gasteiger partial charge in [-0.3, -0.25) is 20.2 Å². The number of benzene rings is 2. The molecule has 2 rings (SSSR count). The monoisotopic (exact) mass is 387 g/mol. The Morgan fingerprint density at radius 1 is 1.15 bits per heavy atom. The Kier molecular flexibility index (Phi) is 6.84. The summed E-state index contributed by atoms with van der Waals surface area (Å²) in [6.07, 6.45) is 2.95. The summed E-state index contributed by atoms with van der Waals surface area (Å²) in [5.74, 6) is 0.407. The van der Waals surface area contributed by atoms with Crippen LogP contribution in [0, 0.1) is 10.1 Å². The van der Waals surface area contributed by atoms with E-state index in [0.717, 1.165) is 11.3 Å². The van der Waals surface area contributed by atoms with Gasteiger partial charge in [0.2, 0.25) is 5.91 Å². The number of hydrogen-bond donors (Lipinski definition) is 2. The second kappa shape index (κ2) is 9.30. The summed E-state index contributed by atoms with van der Waals surface area (Å²) in [7, 11) is 2.92. The number of thiocarbonyl (C=S) groups is 1. The first-order valence-electron chi connectivity index (χ1n) is 7.69. The van der Waals surface area contributed by atoms with Crippen LogP contribution in [-0.4, -0.2) is 30.2 Å². The lowest BCUT2D eigenvalue weighted by Gasteiger charge is -2.09. The molecule has 0 saturated heterocycles. The molecule has 9 heteroatoms. The van der Waals surface area contributed by atoms with Gasteiger partial charge in [0, 0.05) is 17.8 Å². The molecular formula is C18H17N3O5S. The zero-order chi connectivity index (χ0) is 19.8. The molecule has 0 bridgehead atoms. The number of nitrogens with one attached hydrogen (secondary N) is 2. The van der Waals surface area contributed by atoms with Crippen LogP contribution in [0.1, 0.15) is 5.56 Å². The zero-order valence-corrected chi connectivity index (χ0v) is 15.4. The van der Waals surface area contributed by atoms with Crippen LogP contribution in [0.15, 0.2) is 48.5 Å². The van der Waals surface area contributed by atoms with Gasteiger partial charge in [0.25, 0.3) is 0 Å². The highest BCUT2D eigenvalue weighted by atomic mass is 32.1. The van der Waals surface area contributed by atoms with Crippen LogP contribution in [0.25, 0.3) is 6.08 Å². The first-order chi connectivity index (χ1) is 12.9. The van der Waals surface area contributed by atoms with E-state index in [4.69, 9.17) is 21.7 Å². The van der Waals surface area contributed by atoms with Crippen molar-refractivity contribution in [2.75, 3.05) is 19.5 Å². The topological polar surface area (TPSA) is 103 Å². The normalized spacial score (nSPS) is 10.3. The molecule has 0 radical (unpaired) electrons. The van der Waals surface area contributed by atoms with Crippen LogP contribution >= 0.6 is 12.2 Å². The fourth-order valence-electron chi connectivity index (χ4n) is 2.11. The lowest BCUT2D eigenvalue weighted by Crippen LogP contribution is -2.32.